The fourth-order valence-corrected chi connectivity index (χ4v) is 2.56. The van der Waals surface area contributed by atoms with Crippen molar-refractivity contribution >= 4 is 15.9 Å². The fourth-order valence-electron chi connectivity index (χ4n) is 2.05. The van der Waals surface area contributed by atoms with E-state index in [-0.39, 0.29) is 11.9 Å². The van der Waals surface area contributed by atoms with Crippen molar-refractivity contribution in [1.29, 1.82) is 0 Å². The van der Waals surface area contributed by atoms with Crippen LogP contribution >= 0.6 is 15.9 Å². The first-order valence-electron chi connectivity index (χ1n) is 6.25. The van der Waals surface area contributed by atoms with Gasteiger partial charge in [-0.1, -0.05) is 28.9 Å². The maximum Gasteiger partial charge on any atom is 0.124 e. The molecular formula is C14H17BrFN3. The zero-order chi connectivity index (χ0) is 13.8. The van der Waals surface area contributed by atoms with E-state index >= 15 is 0 Å². The molecule has 1 heterocycles. The maximum atomic E-state index is 13.1. The van der Waals surface area contributed by atoms with Crippen molar-refractivity contribution < 1.29 is 4.39 Å². The summed E-state index contributed by atoms with van der Waals surface area (Å²) in [6.07, 6.45) is 4.57. The summed E-state index contributed by atoms with van der Waals surface area (Å²) in [6, 6.07) is 4.93. The molecule has 1 aromatic heterocycles. The van der Waals surface area contributed by atoms with Crippen molar-refractivity contribution in [2.24, 2.45) is 7.05 Å². The van der Waals surface area contributed by atoms with E-state index in [1.807, 2.05) is 23.9 Å². The Morgan fingerprint density at radius 1 is 1.47 bits per heavy atom. The first-order chi connectivity index (χ1) is 9.10. The Labute approximate surface area is 121 Å². The van der Waals surface area contributed by atoms with Crippen LogP contribution in [0.2, 0.25) is 0 Å². The minimum absolute atomic E-state index is 0.132. The number of imidazole rings is 1. The predicted molar refractivity (Wildman–Crippen MR) is 77.4 cm³/mol. The largest absolute Gasteiger partial charge is 0.340 e. The van der Waals surface area contributed by atoms with Gasteiger partial charge in [0.25, 0.3) is 0 Å². The Morgan fingerprint density at radius 3 is 2.84 bits per heavy atom. The Kier molecular flexibility index (Phi) is 4.71. The van der Waals surface area contributed by atoms with Crippen molar-refractivity contribution in [1.82, 2.24) is 14.9 Å². The Balaban J connectivity index is 2.21. The van der Waals surface area contributed by atoms with Crippen LogP contribution in [0.4, 0.5) is 4.39 Å². The molecule has 0 saturated carbocycles. The van der Waals surface area contributed by atoms with E-state index < -0.39 is 0 Å². The SMILES string of the molecule is CCNC(Cc1ccc(F)cc1Br)c1cn(C)cn1. The summed E-state index contributed by atoms with van der Waals surface area (Å²) in [5, 5.41) is 3.41. The summed E-state index contributed by atoms with van der Waals surface area (Å²) in [4.78, 5) is 4.39. The number of aryl methyl sites for hydroxylation is 1. The number of hydrogen-bond donors (Lipinski definition) is 1. The summed E-state index contributed by atoms with van der Waals surface area (Å²) < 4.78 is 15.8. The summed E-state index contributed by atoms with van der Waals surface area (Å²) in [5.41, 5.74) is 2.07. The molecule has 0 bridgehead atoms. The van der Waals surface area contributed by atoms with Gasteiger partial charge < -0.3 is 9.88 Å². The molecular weight excluding hydrogens is 309 g/mol. The first kappa shape index (κ1) is 14.2. The van der Waals surface area contributed by atoms with Gasteiger partial charge in [-0.2, -0.15) is 0 Å². The molecule has 0 spiro atoms. The number of halogens is 2. The van der Waals surface area contributed by atoms with Gasteiger partial charge in [0.15, 0.2) is 0 Å². The summed E-state index contributed by atoms with van der Waals surface area (Å²) in [7, 11) is 1.95. The van der Waals surface area contributed by atoms with Gasteiger partial charge in [0, 0.05) is 17.7 Å². The zero-order valence-electron chi connectivity index (χ0n) is 11.0. The third-order valence-electron chi connectivity index (χ3n) is 2.97. The van der Waals surface area contributed by atoms with Crippen LogP contribution in [0.15, 0.2) is 35.2 Å². The third kappa shape index (κ3) is 3.64. The molecule has 19 heavy (non-hydrogen) atoms. The van der Waals surface area contributed by atoms with Crippen molar-refractivity contribution in [3.63, 3.8) is 0 Å². The predicted octanol–water partition coefficient (Wildman–Crippen LogP) is 3.22. The van der Waals surface area contributed by atoms with Gasteiger partial charge in [-0.15, -0.1) is 0 Å². The average molecular weight is 326 g/mol. The molecule has 1 N–H and O–H groups in total. The topological polar surface area (TPSA) is 29.9 Å². The Hall–Kier alpha value is -1.20. The molecule has 0 radical (unpaired) electrons. The average Bonchev–Trinajstić information content (AvgIpc) is 2.78. The number of nitrogens with one attached hydrogen (secondary N) is 1. The monoisotopic (exact) mass is 325 g/mol. The minimum Gasteiger partial charge on any atom is -0.340 e. The standard InChI is InChI=1S/C14H17BrFN3/c1-3-17-13(14-8-19(2)9-18-14)6-10-4-5-11(16)7-12(10)15/h4-5,7-9,13,17H,3,6H2,1-2H3. The first-order valence-corrected chi connectivity index (χ1v) is 7.04. The lowest BCUT2D eigenvalue weighted by Crippen LogP contribution is -2.23. The summed E-state index contributed by atoms with van der Waals surface area (Å²) >= 11 is 3.41. The molecule has 1 unspecified atom stereocenters. The van der Waals surface area contributed by atoms with Gasteiger partial charge >= 0.3 is 0 Å². The van der Waals surface area contributed by atoms with Crippen LogP contribution < -0.4 is 5.32 Å². The number of likely N-dealkylation sites (N-methyl/N-ethyl adjacent to an activating group) is 1. The lowest BCUT2D eigenvalue weighted by molar-refractivity contribution is 0.536. The molecule has 1 atom stereocenters. The van der Waals surface area contributed by atoms with E-state index in [1.54, 1.807) is 6.33 Å². The second kappa shape index (κ2) is 6.30. The molecule has 0 amide bonds. The molecule has 3 nitrogen and oxygen atoms in total. The molecule has 102 valence electrons. The molecule has 1 aromatic carbocycles. The van der Waals surface area contributed by atoms with E-state index in [9.17, 15) is 4.39 Å². The second-order valence-electron chi connectivity index (χ2n) is 4.51. The van der Waals surface area contributed by atoms with Gasteiger partial charge in [0.2, 0.25) is 0 Å². The Morgan fingerprint density at radius 2 is 2.26 bits per heavy atom. The molecule has 0 aliphatic carbocycles. The van der Waals surface area contributed by atoms with Gasteiger partial charge in [-0.3, -0.25) is 0 Å². The van der Waals surface area contributed by atoms with Crippen molar-refractivity contribution in [3.05, 3.63) is 52.3 Å². The van der Waals surface area contributed by atoms with E-state index in [2.05, 4.69) is 33.2 Å². The zero-order valence-corrected chi connectivity index (χ0v) is 12.6. The highest BCUT2D eigenvalue weighted by Gasteiger charge is 2.15. The van der Waals surface area contributed by atoms with E-state index in [4.69, 9.17) is 0 Å². The molecule has 0 fully saturated rings. The molecule has 2 aromatic rings. The van der Waals surface area contributed by atoms with Crippen LogP contribution in [0.3, 0.4) is 0 Å². The van der Waals surface area contributed by atoms with Crippen molar-refractivity contribution in [2.75, 3.05) is 6.54 Å². The second-order valence-corrected chi connectivity index (χ2v) is 5.37. The number of aromatic nitrogens is 2. The molecule has 0 aliphatic heterocycles. The molecule has 5 heteroatoms. The van der Waals surface area contributed by atoms with Gasteiger partial charge in [-0.05, 0) is 30.7 Å². The van der Waals surface area contributed by atoms with Crippen LogP contribution in [0, 0.1) is 5.82 Å². The maximum absolute atomic E-state index is 13.1. The number of benzene rings is 1. The van der Waals surface area contributed by atoms with E-state index in [0.717, 1.165) is 28.7 Å². The van der Waals surface area contributed by atoms with Crippen molar-refractivity contribution in [3.8, 4) is 0 Å². The van der Waals surface area contributed by atoms with Gasteiger partial charge in [-0.25, -0.2) is 9.37 Å². The fraction of sp³-hybridized carbons (Fsp3) is 0.357. The van der Waals surface area contributed by atoms with Gasteiger partial charge in [0.05, 0.1) is 18.1 Å². The highest BCUT2D eigenvalue weighted by molar-refractivity contribution is 9.10. The van der Waals surface area contributed by atoms with Crippen LogP contribution in [0.25, 0.3) is 0 Å². The normalized spacial score (nSPS) is 12.6. The highest BCUT2D eigenvalue weighted by Crippen LogP contribution is 2.24. The van der Waals surface area contributed by atoms with Crippen LogP contribution in [-0.4, -0.2) is 16.1 Å². The third-order valence-corrected chi connectivity index (χ3v) is 3.71. The lowest BCUT2D eigenvalue weighted by Gasteiger charge is -2.16. The molecule has 2 rings (SSSR count). The van der Waals surface area contributed by atoms with Crippen molar-refractivity contribution in [2.45, 2.75) is 19.4 Å². The Bertz CT molecular complexity index is 553. The number of nitrogens with zero attached hydrogens (tertiary/aromatic N) is 2. The van der Waals surface area contributed by atoms with E-state index in [1.165, 1.54) is 12.1 Å². The summed E-state index contributed by atoms with van der Waals surface area (Å²) in [5.74, 6) is -0.228. The van der Waals surface area contributed by atoms with E-state index in [0.29, 0.717) is 0 Å². The minimum atomic E-state index is -0.228. The summed E-state index contributed by atoms with van der Waals surface area (Å²) in [6.45, 7) is 2.93. The quantitative estimate of drug-likeness (QED) is 0.914. The van der Waals surface area contributed by atoms with Crippen LogP contribution in [0.5, 0.6) is 0 Å². The highest BCUT2D eigenvalue weighted by atomic mass is 79.9. The smallest absolute Gasteiger partial charge is 0.124 e. The van der Waals surface area contributed by atoms with Crippen LogP contribution in [0.1, 0.15) is 24.2 Å². The lowest BCUT2D eigenvalue weighted by atomic mass is 10.0. The molecule has 0 saturated heterocycles. The van der Waals surface area contributed by atoms with Gasteiger partial charge in [0.1, 0.15) is 5.82 Å². The number of hydrogen-bond acceptors (Lipinski definition) is 2. The molecule has 0 aliphatic rings. The van der Waals surface area contributed by atoms with Crippen LogP contribution in [-0.2, 0) is 13.5 Å². The number of rotatable bonds is 5.